The van der Waals surface area contributed by atoms with Gasteiger partial charge in [0.15, 0.2) is 29.0 Å². The van der Waals surface area contributed by atoms with Crippen LogP contribution in [0.25, 0.3) is 0 Å². The standard InChI is InChI=1S/C24H36N4O4.HI/c1-8-25-24(27-18-11-13-21(32-9-2)23(15-18)31-7)26-16-19(28(3)4)17-10-12-20(29-5)22(14-17)30-6;/h10-15,19H,8-9,16H2,1-7H3,(H2,25,26,27);1H. The number of rotatable bonds is 11. The fourth-order valence-electron chi connectivity index (χ4n) is 3.27. The van der Waals surface area contributed by atoms with Gasteiger partial charge in [-0.15, -0.1) is 24.0 Å². The molecule has 0 aromatic heterocycles. The summed E-state index contributed by atoms with van der Waals surface area (Å²) in [5, 5.41) is 6.65. The molecule has 184 valence electrons. The van der Waals surface area contributed by atoms with E-state index in [0.717, 1.165) is 17.8 Å². The highest BCUT2D eigenvalue weighted by atomic mass is 127. The molecule has 0 aliphatic heterocycles. The minimum atomic E-state index is 0. The molecule has 0 bridgehead atoms. The molecule has 2 N–H and O–H groups in total. The van der Waals surface area contributed by atoms with Crippen LogP contribution in [0.5, 0.6) is 23.0 Å². The van der Waals surface area contributed by atoms with Gasteiger partial charge in [0.25, 0.3) is 0 Å². The van der Waals surface area contributed by atoms with E-state index in [1.165, 1.54) is 0 Å². The van der Waals surface area contributed by atoms with Gasteiger partial charge in [-0.2, -0.15) is 0 Å². The highest BCUT2D eigenvalue weighted by molar-refractivity contribution is 14.0. The minimum Gasteiger partial charge on any atom is -0.493 e. The fraction of sp³-hybridized carbons (Fsp3) is 0.458. The summed E-state index contributed by atoms with van der Waals surface area (Å²) in [7, 11) is 8.98. The molecule has 2 rings (SSSR count). The third-order valence-corrected chi connectivity index (χ3v) is 4.91. The van der Waals surface area contributed by atoms with Crippen molar-refractivity contribution >= 4 is 35.6 Å². The van der Waals surface area contributed by atoms with Gasteiger partial charge in [-0.3, -0.25) is 4.99 Å². The van der Waals surface area contributed by atoms with Crippen molar-refractivity contribution in [1.29, 1.82) is 0 Å². The van der Waals surface area contributed by atoms with Gasteiger partial charge < -0.3 is 34.5 Å². The topological polar surface area (TPSA) is 76.6 Å². The van der Waals surface area contributed by atoms with Gasteiger partial charge in [0.2, 0.25) is 0 Å². The van der Waals surface area contributed by atoms with Gasteiger partial charge in [0.1, 0.15) is 0 Å². The Balaban J connectivity index is 0.00000544. The molecule has 0 amide bonds. The number of hydrogen-bond acceptors (Lipinski definition) is 6. The van der Waals surface area contributed by atoms with Crippen LogP contribution in [0.3, 0.4) is 0 Å². The van der Waals surface area contributed by atoms with Crippen LogP contribution >= 0.6 is 24.0 Å². The Morgan fingerprint density at radius 2 is 1.55 bits per heavy atom. The lowest BCUT2D eigenvalue weighted by atomic mass is 10.1. The number of anilines is 1. The molecule has 0 heterocycles. The molecule has 0 fully saturated rings. The van der Waals surface area contributed by atoms with Crippen molar-refractivity contribution in [2.24, 2.45) is 4.99 Å². The lowest BCUT2D eigenvalue weighted by molar-refractivity contribution is 0.303. The summed E-state index contributed by atoms with van der Waals surface area (Å²) in [5.74, 6) is 3.47. The number of benzene rings is 2. The Morgan fingerprint density at radius 3 is 2.12 bits per heavy atom. The molecule has 0 aliphatic carbocycles. The number of hydrogen-bond donors (Lipinski definition) is 2. The molecule has 0 saturated carbocycles. The highest BCUT2D eigenvalue weighted by Gasteiger charge is 2.17. The van der Waals surface area contributed by atoms with Crippen molar-refractivity contribution in [3.8, 4) is 23.0 Å². The van der Waals surface area contributed by atoms with Gasteiger partial charge in [-0.05, 0) is 57.8 Å². The molecule has 8 nitrogen and oxygen atoms in total. The number of halogens is 1. The van der Waals surface area contributed by atoms with E-state index in [9.17, 15) is 0 Å². The SMILES string of the molecule is CCNC(=NCC(c1ccc(OC)c(OC)c1)N(C)C)Nc1ccc(OCC)c(OC)c1.I. The quantitative estimate of drug-likeness (QED) is 0.235. The fourth-order valence-corrected chi connectivity index (χ4v) is 3.27. The molecule has 0 radical (unpaired) electrons. The Hall–Kier alpha value is -2.40. The first kappa shape index (κ1) is 28.6. The summed E-state index contributed by atoms with van der Waals surface area (Å²) in [4.78, 5) is 6.96. The van der Waals surface area contributed by atoms with Crippen LogP contribution in [-0.2, 0) is 0 Å². The van der Waals surface area contributed by atoms with Crippen molar-refractivity contribution in [2.75, 3.05) is 60.4 Å². The van der Waals surface area contributed by atoms with Crippen LogP contribution in [0, 0.1) is 0 Å². The van der Waals surface area contributed by atoms with Crippen LogP contribution in [0.15, 0.2) is 41.4 Å². The first-order valence-corrected chi connectivity index (χ1v) is 10.7. The first-order chi connectivity index (χ1) is 15.5. The van der Waals surface area contributed by atoms with Crippen LogP contribution in [0.2, 0.25) is 0 Å². The monoisotopic (exact) mass is 572 g/mol. The van der Waals surface area contributed by atoms with Gasteiger partial charge in [0, 0.05) is 18.3 Å². The van der Waals surface area contributed by atoms with E-state index in [-0.39, 0.29) is 30.0 Å². The number of aliphatic imine (C=N–C) groups is 1. The van der Waals surface area contributed by atoms with Gasteiger partial charge >= 0.3 is 0 Å². The third kappa shape index (κ3) is 8.15. The minimum absolute atomic E-state index is 0. The van der Waals surface area contributed by atoms with Crippen molar-refractivity contribution in [3.63, 3.8) is 0 Å². The average molecular weight is 572 g/mol. The second kappa shape index (κ2) is 14.7. The Bertz CT molecular complexity index is 893. The van der Waals surface area contributed by atoms with Crippen molar-refractivity contribution in [3.05, 3.63) is 42.0 Å². The number of guanidine groups is 1. The molecule has 0 saturated heterocycles. The summed E-state index contributed by atoms with van der Waals surface area (Å²) >= 11 is 0. The van der Waals surface area contributed by atoms with Gasteiger partial charge in [-0.1, -0.05) is 6.07 Å². The van der Waals surface area contributed by atoms with E-state index in [2.05, 4.69) is 15.5 Å². The average Bonchev–Trinajstić information content (AvgIpc) is 2.79. The van der Waals surface area contributed by atoms with Crippen molar-refractivity contribution < 1.29 is 18.9 Å². The van der Waals surface area contributed by atoms with Crippen LogP contribution in [-0.4, -0.2) is 66.0 Å². The maximum atomic E-state index is 5.60. The molecular weight excluding hydrogens is 535 g/mol. The van der Waals surface area contributed by atoms with E-state index < -0.39 is 0 Å². The maximum Gasteiger partial charge on any atom is 0.195 e. The number of likely N-dealkylation sites (N-methyl/N-ethyl adjacent to an activating group) is 1. The van der Waals surface area contributed by atoms with E-state index in [1.807, 2.05) is 64.3 Å². The van der Waals surface area contributed by atoms with Gasteiger partial charge in [0.05, 0.1) is 40.5 Å². The Labute approximate surface area is 214 Å². The summed E-state index contributed by atoms with van der Waals surface area (Å²) in [5.41, 5.74) is 1.95. The number of nitrogens with one attached hydrogen (secondary N) is 2. The largest absolute Gasteiger partial charge is 0.493 e. The molecule has 2 aromatic carbocycles. The number of nitrogens with zero attached hydrogens (tertiary/aromatic N) is 2. The smallest absolute Gasteiger partial charge is 0.195 e. The van der Waals surface area contributed by atoms with Crippen molar-refractivity contribution in [1.82, 2.24) is 10.2 Å². The third-order valence-electron chi connectivity index (χ3n) is 4.91. The Kier molecular flexibility index (Phi) is 12.7. The normalized spacial score (nSPS) is 11.9. The summed E-state index contributed by atoms with van der Waals surface area (Å²) in [6.45, 7) is 5.85. The number of methoxy groups -OCH3 is 3. The zero-order valence-corrected chi connectivity index (χ0v) is 22.9. The lowest BCUT2D eigenvalue weighted by Gasteiger charge is -2.24. The molecule has 1 atom stereocenters. The van der Waals surface area contributed by atoms with Gasteiger partial charge in [-0.25, -0.2) is 0 Å². The van der Waals surface area contributed by atoms with E-state index in [4.69, 9.17) is 23.9 Å². The second-order valence-corrected chi connectivity index (χ2v) is 7.24. The first-order valence-electron chi connectivity index (χ1n) is 10.7. The molecular formula is C24H37IN4O4. The predicted octanol–water partition coefficient (Wildman–Crippen LogP) is 4.41. The summed E-state index contributed by atoms with van der Waals surface area (Å²) in [6.07, 6.45) is 0. The van der Waals surface area contributed by atoms with E-state index in [0.29, 0.717) is 42.1 Å². The molecule has 9 heteroatoms. The molecule has 33 heavy (non-hydrogen) atoms. The zero-order chi connectivity index (χ0) is 23.5. The summed E-state index contributed by atoms with van der Waals surface area (Å²) in [6, 6.07) is 11.7. The lowest BCUT2D eigenvalue weighted by Crippen LogP contribution is -2.32. The molecule has 0 spiro atoms. The van der Waals surface area contributed by atoms with E-state index >= 15 is 0 Å². The van der Waals surface area contributed by atoms with Crippen molar-refractivity contribution in [2.45, 2.75) is 19.9 Å². The van der Waals surface area contributed by atoms with Crippen LogP contribution in [0.1, 0.15) is 25.5 Å². The van der Waals surface area contributed by atoms with Crippen LogP contribution in [0.4, 0.5) is 5.69 Å². The van der Waals surface area contributed by atoms with E-state index in [1.54, 1.807) is 21.3 Å². The predicted molar refractivity (Wildman–Crippen MR) is 145 cm³/mol. The molecule has 2 aromatic rings. The molecule has 0 aliphatic rings. The Morgan fingerprint density at radius 1 is 0.909 bits per heavy atom. The molecule has 1 unspecified atom stereocenters. The second-order valence-electron chi connectivity index (χ2n) is 7.24. The number of ether oxygens (including phenoxy) is 4. The summed E-state index contributed by atoms with van der Waals surface area (Å²) < 4.78 is 21.9. The highest BCUT2D eigenvalue weighted by Crippen LogP contribution is 2.32. The maximum absolute atomic E-state index is 5.60. The zero-order valence-electron chi connectivity index (χ0n) is 20.6. The van der Waals surface area contributed by atoms with Crippen LogP contribution < -0.4 is 29.6 Å².